The van der Waals surface area contributed by atoms with Crippen LogP contribution in [0.15, 0.2) is 24.3 Å². The summed E-state index contributed by atoms with van der Waals surface area (Å²) in [4.78, 5) is 0. The zero-order chi connectivity index (χ0) is 13.9. The van der Waals surface area contributed by atoms with Gasteiger partial charge < -0.3 is 9.84 Å². The van der Waals surface area contributed by atoms with E-state index < -0.39 is 0 Å². The summed E-state index contributed by atoms with van der Waals surface area (Å²) >= 11 is 0. The number of aliphatic hydroxyl groups is 1. The number of aliphatic hydroxyl groups excluding tert-OH is 1. The van der Waals surface area contributed by atoms with E-state index in [0.29, 0.717) is 6.42 Å². The van der Waals surface area contributed by atoms with Crippen molar-refractivity contribution in [3.05, 3.63) is 35.4 Å². The highest BCUT2D eigenvalue weighted by atomic mass is 16.5. The molecule has 1 aliphatic rings. The Morgan fingerprint density at radius 2 is 1.89 bits per heavy atom. The van der Waals surface area contributed by atoms with Crippen LogP contribution in [0.2, 0.25) is 0 Å². The fourth-order valence-electron chi connectivity index (χ4n) is 2.58. The molecule has 0 radical (unpaired) electrons. The van der Waals surface area contributed by atoms with Gasteiger partial charge in [-0.25, -0.2) is 0 Å². The molecular formula is C17H26O2. The van der Waals surface area contributed by atoms with Crippen LogP contribution in [0.25, 0.3) is 0 Å². The summed E-state index contributed by atoms with van der Waals surface area (Å²) in [6.45, 7) is 7.44. The molecule has 0 spiro atoms. The van der Waals surface area contributed by atoms with Gasteiger partial charge in [0.1, 0.15) is 0 Å². The molecule has 2 nitrogen and oxygen atoms in total. The monoisotopic (exact) mass is 262 g/mol. The molecular weight excluding hydrogens is 236 g/mol. The SMILES string of the molecule is CC(C)(C)c1ccc(CC(O)C2CCCCO2)cc1. The number of hydrogen-bond donors (Lipinski definition) is 1. The van der Waals surface area contributed by atoms with Crippen LogP contribution in [-0.4, -0.2) is 23.9 Å². The van der Waals surface area contributed by atoms with Gasteiger partial charge in [0.15, 0.2) is 0 Å². The first-order valence-electron chi connectivity index (χ1n) is 7.36. The summed E-state index contributed by atoms with van der Waals surface area (Å²) in [5.74, 6) is 0. The summed E-state index contributed by atoms with van der Waals surface area (Å²) in [6.07, 6.45) is 3.63. The van der Waals surface area contributed by atoms with Crippen LogP contribution in [0.5, 0.6) is 0 Å². The van der Waals surface area contributed by atoms with Gasteiger partial charge in [-0.3, -0.25) is 0 Å². The van der Waals surface area contributed by atoms with Crippen LogP contribution in [0.1, 0.15) is 51.2 Å². The van der Waals surface area contributed by atoms with Crippen molar-refractivity contribution in [2.24, 2.45) is 0 Å². The normalized spacial score (nSPS) is 22.2. The molecule has 0 bridgehead atoms. The second-order valence-corrected chi connectivity index (χ2v) is 6.62. The van der Waals surface area contributed by atoms with Crippen molar-refractivity contribution in [1.82, 2.24) is 0 Å². The predicted octanol–water partition coefficient (Wildman–Crippen LogP) is 3.46. The first kappa shape index (κ1) is 14.5. The molecule has 0 aliphatic carbocycles. The van der Waals surface area contributed by atoms with Gasteiger partial charge in [0.25, 0.3) is 0 Å². The van der Waals surface area contributed by atoms with Crippen molar-refractivity contribution < 1.29 is 9.84 Å². The van der Waals surface area contributed by atoms with Crippen LogP contribution in [0, 0.1) is 0 Å². The first-order chi connectivity index (χ1) is 8.97. The first-order valence-corrected chi connectivity index (χ1v) is 7.36. The molecule has 1 aliphatic heterocycles. The molecule has 106 valence electrons. The Hall–Kier alpha value is -0.860. The fraction of sp³-hybridized carbons (Fsp3) is 0.647. The minimum Gasteiger partial charge on any atom is -0.390 e. The molecule has 2 rings (SSSR count). The molecule has 1 fully saturated rings. The largest absolute Gasteiger partial charge is 0.390 e. The van der Waals surface area contributed by atoms with Crippen LogP contribution in [-0.2, 0) is 16.6 Å². The zero-order valence-corrected chi connectivity index (χ0v) is 12.4. The molecule has 0 aromatic heterocycles. The number of benzene rings is 1. The number of rotatable bonds is 3. The van der Waals surface area contributed by atoms with Gasteiger partial charge in [-0.15, -0.1) is 0 Å². The molecule has 2 unspecified atom stereocenters. The minimum atomic E-state index is -0.374. The molecule has 1 saturated heterocycles. The molecule has 0 amide bonds. The molecule has 1 N–H and O–H groups in total. The van der Waals surface area contributed by atoms with E-state index in [0.717, 1.165) is 19.4 Å². The fourth-order valence-corrected chi connectivity index (χ4v) is 2.58. The van der Waals surface area contributed by atoms with Gasteiger partial charge in [0.2, 0.25) is 0 Å². The second kappa shape index (κ2) is 6.06. The molecule has 1 aromatic rings. The van der Waals surface area contributed by atoms with Gasteiger partial charge in [0, 0.05) is 13.0 Å². The molecule has 2 heteroatoms. The highest BCUT2D eigenvalue weighted by Gasteiger charge is 2.22. The van der Waals surface area contributed by atoms with E-state index in [9.17, 15) is 5.11 Å². The topological polar surface area (TPSA) is 29.5 Å². The molecule has 1 heterocycles. The lowest BCUT2D eigenvalue weighted by molar-refractivity contribution is -0.0611. The number of ether oxygens (including phenoxy) is 1. The second-order valence-electron chi connectivity index (χ2n) is 6.62. The maximum absolute atomic E-state index is 10.2. The van der Waals surface area contributed by atoms with E-state index in [1.165, 1.54) is 17.5 Å². The third kappa shape index (κ3) is 4.05. The average Bonchev–Trinajstić information content (AvgIpc) is 2.39. The minimum absolute atomic E-state index is 0.0241. The van der Waals surface area contributed by atoms with Gasteiger partial charge >= 0.3 is 0 Å². The van der Waals surface area contributed by atoms with Gasteiger partial charge in [-0.05, 0) is 35.8 Å². The highest BCUT2D eigenvalue weighted by molar-refractivity contribution is 5.27. The van der Waals surface area contributed by atoms with Crippen molar-refractivity contribution in [3.8, 4) is 0 Å². The zero-order valence-electron chi connectivity index (χ0n) is 12.4. The lowest BCUT2D eigenvalue weighted by atomic mass is 9.86. The summed E-state index contributed by atoms with van der Waals surface area (Å²) in [5, 5.41) is 10.2. The van der Waals surface area contributed by atoms with Gasteiger partial charge in [-0.1, -0.05) is 45.0 Å². The van der Waals surface area contributed by atoms with E-state index in [2.05, 4.69) is 45.0 Å². The van der Waals surface area contributed by atoms with E-state index in [4.69, 9.17) is 4.74 Å². The van der Waals surface area contributed by atoms with Crippen LogP contribution >= 0.6 is 0 Å². The Labute approximate surface area is 116 Å². The van der Waals surface area contributed by atoms with E-state index in [1.54, 1.807) is 0 Å². The summed E-state index contributed by atoms with van der Waals surface area (Å²) in [7, 11) is 0. The highest BCUT2D eigenvalue weighted by Crippen LogP contribution is 2.23. The maximum Gasteiger partial charge on any atom is 0.0842 e. The van der Waals surface area contributed by atoms with Gasteiger partial charge in [-0.2, -0.15) is 0 Å². The third-order valence-electron chi connectivity index (χ3n) is 3.91. The van der Waals surface area contributed by atoms with Crippen molar-refractivity contribution in [3.63, 3.8) is 0 Å². The molecule has 0 saturated carbocycles. The van der Waals surface area contributed by atoms with E-state index >= 15 is 0 Å². The Morgan fingerprint density at radius 1 is 1.21 bits per heavy atom. The Bertz CT molecular complexity index is 383. The smallest absolute Gasteiger partial charge is 0.0842 e. The molecule has 2 atom stereocenters. The predicted molar refractivity (Wildman–Crippen MR) is 78.4 cm³/mol. The molecule has 1 aromatic carbocycles. The molecule has 19 heavy (non-hydrogen) atoms. The van der Waals surface area contributed by atoms with Crippen LogP contribution < -0.4 is 0 Å². The Kier molecular flexibility index (Phi) is 4.64. The van der Waals surface area contributed by atoms with Crippen molar-refractivity contribution >= 4 is 0 Å². The van der Waals surface area contributed by atoms with Gasteiger partial charge in [0.05, 0.1) is 12.2 Å². The summed E-state index contributed by atoms with van der Waals surface area (Å²) in [6, 6.07) is 8.60. The average molecular weight is 262 g/mol. The van der Waals surface area contributed by atoms with Crippen molar-refractivity contribution in [2.75, 3.05) is 6.61 Å². The number of hydrogen-bond acceptors (Lipinski definition) is 2. The van der Waals surface area contributed by atoms with E-state index in [-0.39, 0.29) is 17.6 Å². The lowest BCUT2D eigenvalue weighted by Crippen LogP contribution is -2.33. The Morgan fingerprint density at radius 3 is 2.42 bits per heavy atom. The lowest BCUT2D eigenvalue weighted by Gasteiger charge is -2.27. The Balaban J connectivity index is 1.95. The van der Waals surface area contributed by atoms with Crippen LogP contribution in [0.4, 0.5) is 0 Å². The van der Waals surface area contributed by atoms with Crippen LogP contribution in [0.3, 0.4) is 0 Å². The quantitative estimate of drug-likeness (QED) is 0.904. The maximum atomic E-state index is 10.2. The standard InChI is InChI=1S/C17H26O2/c1-17(2,3)14-9-7-13(8-10-14)12-15(18)16-6-4-5-11-19-16/h7-10,15-16,18H,4-6,11-12H2,1-3H3. The third-order valence-corrected chi connectivity index (χ3v) is 3.91. The summed E-state index contributed by atoms with van der Waals surface area (Å²) < 4.78 is 5.64. The summed E-state index contributed by atoms with van der Waals surface area (Å²) in [5.41, 5.74) is 2.71. The van der Waals surface area contributed by atoms with Crippen molar-refractivity contribution in [2.45, 2.75) is 64.1 Å². The van der Waals surface area contributed by atoms with Crippen molar-refractivity contribution in [1.29, 1.82) is 0 Å². The van der Waals surface area contributed by atoms with E-state index in [1.807, 2.05) is 0 Å².